The third-order valence-electron chi connectivity index (χ3n) is 6.61. The number of fused-ring (bicyclic) bond motifs is 1. The lowest BCUT2D eigenvalue weighted by atomic mass is 9.76. The first-order chi connectivity index (χ1) is 16.4. The van der Waals surface area contributed by atoms with Crippen LogP contribution >= 0.6 is 23.2 Å². The van der Waals surface area contributed by atoms with E-state index >= 15 is 0 Å². The number of nitrogens with zero attached hydrogens (tertiary/aromatic N) is 1. The molecule has 0 aliphatic carbocycles. The topological polar surface area (TPSA) is 97.8 Å². The molecule has 4 rings (SSSR count). The largest absolute Gasteiger partial charge is 0.495 e. The number of hydrogen-bond acceptors (Lipinski definition) is 5. The Kier molecular flexibility index (Phi) is 6.86. The number of carbonyl (C=O) groups is 2. The number of hydrogen-bond donors (Lipinski definition) is 2. The van der Waals surface area contributed by atoms with Crippen LogP contribution in [0.5, 0.6) is 0 Å². The average Bonchev–Trinajstić information content (AvgIpc) is 2.99. The van der Waals surface area contributed by atoms with Crippen molar-refractivity contribution in [3.8, 4) is 0 Å². The number of aliphatic carboxylic acids is 1. The van der Waals surface area contributed by atoms with Crippen molar-refractivity contribution < 1.29 is 24.0 Å². The van der Waals surface area contributed by atoms with Gasteiger partial charge < -0.3 is 19.7 Å². The SMILES string of the molecule is CC1(C)OB(c2ccc(C[C@H](NC(=O)c3c(Cl)cccc3Cl)C(=O)O)c3ncccc23)OC1(C)C. The zero-order valence-corrected chi connectivity index (χ0v) is 21.3. The Bertz CT molecular complexity index is 1280. The highest BCUT2D eigenvalue weighted by Gasteiger charge is 2.52. The van der Waals surface area contributed by atoms with E-state index in [9.17, 15) is 14.7 Å². The first kappa shape index (κ1) is 25.4. The molecule has 1 aliphatic heterocycles. The molecular formula is C25H25BCl2N2O5. The minimum Gasteiger partial charge on any atom is -0.480 e. The second kappa shape index (κ2) is 9.43. The van der Waals surface area contributed by atoms with Crippen LogP contribution < -0.4 is 10.8 Å². The Morgan fingerprint density at radius 2 is 1.66 bits per heavy atom. The van der Waals surface area contributed by atoms with Crippen LogP contribution in [0.1, 0.15) is 43.6 Å². The molecular weight excluding hydrogens is 490 g/mol. The van der Waals surface area contributed by atoms with Gasteiger partial charge in [-0.3, -0.25) is 9.78 Å². The van der Waals surface area contributed by atoms with Crippen molar-refractivity contribution in [1.29, 1.82) is 0 Å². The molecule has 0 radical (unpaired) electrons. The number of carboxylic acids is 1. The zero-order valence-electron chi connectivity index (χ0n) is 19.8. The summed E-state index contributed by atoms with van der Waals surface area (Å²) in [5, 5.41) is 13.4. The fourth-order valence-corrected chi connectivity index (χ4v) is 4.53. The van der Waals surface area contributed by atoms with Crippen molar-refractivity contribution >= 4 is 58.6 Å². The van der Waals surface area contributed by atoms with Crippen LogP contribution in [0.15, 0.2) is 48.7 Å². The van der Waals surface area contributed by atoms with E-state index < -0.39 is 36.2 Å². The fraction of sp³-hybridized carbons (Fsp3) is 0.320. The quantitative estimate of drug-likeness (QED) is 0.477. The maximum Gasteiger partial charge on any atom is 0.495 e. The van der Waals surface area contributed by atoms with Crippen LogP contribution in [0, 0.1) is 0 Å². The van der Waals surface area contributed by atoms with Gasteiger partial charge in [0.15, 0.2) is 0 Å². The fourth-order valence-electron chi connectivity index (χ4n) is 3.96. The Labute approximate surface area is 213 Å². The molecule has 1 fully saturated rings. The summed E-state index contributed by atoms with van der Waals surface area (Å²) in [5.74, 6) is -1.86. The summed E-state index contributed by atoms with van der Waals surface area (Å²) in [4.78, 5) is 29.4. The van der Waals surface area contributed by atoms with Gasteiger partial charge in [0.05, 0.1) is 32.3 Å². The number of amides is 1. The molecule has 2 heterocycles. The van der Waals surface area contributed by atoms with Crippen LogP contribution in [0.2, 0.25) is 10.0 Å². The molecule has 1 aromatic heterocycles. The summed E-state index contributed by atoms with van der Waals surface area (Å²) in [5.41, 5.74) is 1.07. The zero-order chi connectivity index (χ0) is 25.5. The average molecular weight is 515 g/mol. The first-order valence-electron chi connectivity index (χ1n) is 11.1. The molecule has 10 heteroatoms. The van der Waals surface area contributed by atoms with Crippen LogP contribution in [-0.2, 0) is 20.5 Å². The predicted molar refractivity (Wildman–Crippen MR) is 137 cm³/mol. The molecule has 35 heavy (non-hydrogen) atoms. The Hall–Kier alpha value is -2.65. The lowest BCUT2D eigenvalue weighted by Crippen LogP contribution is -2.42. The highest BCUT2D eigenvalue weighted by Crippen LogP contribution is 2.37. The molecule has 0 unspecified atom stereocenters. The van der Waals surface area contributed by atoms with E-state index in [1.165, 1.54) is 12.1 Å². The van der Waals surface area contributed by atoms with Gasteiger partial charge in [-0.25, -0.2) is 4.79 Å². The van der Waals surface area contributed by atoms with Crippen molar-refractivity contribution in [2.45, 2.75) is 51.4 Å². The van der Waals surface area contributed by atoms with Crippen molar-refractivity contribution in [2.24, 2.45) is 0 Å². The summed E-state index contributed by atoms with van der Waals surface area (Å²) in [6, 6.07) is 10.8. The molecule has 1 saturated heterocycles. The third kappa shape index (κ3) is 4.89. The summed E-state index contributed by atoms with van der Waals surface area (Å²) in [6.07, 6.45) is 1.64. The summed E-state index contributed by atoms with van der Waals surface area (Å²) in [6.45, 7) is 7.92. The first-order valence-corrected chi connectivity index (χ1v) is 11.9. The predicted octanol–water partition coefficient (Wildman–Crippen LogP) is 4.27. The maximum atomic E-state index is 12.8. The van der Waals surface area contributed by atoms with Crippen LogP contribution in [0.3, 0.4) is 0 Å². The van der Waals surface area contributed by atoms with Crippen molar-refractivity contribution in [1.82, 2.24) is 10.3 Å². The molecule has 1 amide bonds. The highest BCUT2D eigenvalue weighted by atomic mass is 35.5. The van der Waals surface area contributed by atoms with Crippen molar-refractivity contribution in [2.75, 3.05) is 0 Å². The monoisotopic (exact) mass is 514 g/mol. The second-order valence-corrected chi connectivity index (χ2v) is 10.3. The minimum atomic E-state index is -1.23. The third-order valence-corrected chi connectivity index (χ3v) is 7.24. The summed E-state index contributed by atoms with van der Waals surface area (Å²) in [7, 11) is -0.599. The van der Waals surface area contributed by atoms with Crippen LogP contribution in [-0.4, -0.2) is 46.3 Å². The molecule has 7 nitrogen and oxygen atoms in total. The molecule has 0 spiro atoms. The molecule has 0 bridgehead atoms. The van der Waals surface area contributed by atoms with E-state index in [2.05, 4.69) is 10.3 Å². The van der Waals surface area contributed by atoms with Gasteiger partial charge in [0.2, 0.25) is 0 Å². The lowest BCUT2D eigenvalue weighted by molar-refractivity contribution is -0.139. The molecule has 2 aromatic carbocycles. The Balaban J connectivity index is 1.65. The molecule has 0 saturated carbocycles. The van der Waals surface area contributed by atoms with Crippen molar-refractivity contribution in [3.05, 3.63) is 69.8 Å². The normalized spacial score (nSPS) is 17.4. The number of nitrogens with one attached hydrogen (secondary N) is 1. The second-order valence-electron chi connectivity index (χ2n) is 9.47. The molecule has 1 atom stereocenters. The Morgan fingerprint density at radius 1 is 1.03 bits per heavy atom. The van der Waals surface area contributed by atoms with Gasteiger partial charge >= 0.3 is 13.1 Å². The number of benzene rings is 2. The number of rotatable bonds is 6. The Morgan fingerprint density at radius 3 is 2.26 bits per heavy atom. The smallest absolute Gasteiger partial charge is 0.480 e. The van der Waals surface area contributed by atoms with E-state index in [-0.39, 0.29) is 22.0 Å². The number of halogens is 2. The molecule has 3 aromatic rings. The number of pyridine rings is 1. The van der Waals surface area contributed by atoms with Gasteiger partial charge in [0.25, 0.3) is 5.91 Å². The van der Waals surface area contributed by atoms with E-state index in [1.54, 1.807) is 24.4 Å². The van der Waals surface area contributed by atoms with Gasteiger partial charge in [0.1, 0.15) is 6.04 Å². The van der Waals surface area contributed by atoms with E-state index in [1.807, 2.05) is 39.8 Å². The van der Waals surface area contributed by atoms with Gasteiger partial charge in [0, 0.05) is 18.0 Å². The minimum absolute atomic E-state index is 0.000303. The number of aromatic nitrogens is 1. The van der Waals surface area contributed by atoms with Gasteiger partial charge in [-0.05, 0) is 56.9 Å². The van der Waals surface area contributed by atoms with Gasteiger partial charge in [-0.1, -0.05) is 47.5 Å². The standard InChI is InChI=1S/C25H25BCl2N2O5/c1-24(2)25(3,4)35-26(34-24)16-11-10-14(21-15(16)7-6-12-29-21)13-19(23(32)33)30-22(31)20-17(27)8-5-9-18(20)28/h5-12,19H,13H2,1-4H3,(H,30,31)(H,32,33)/t19-/m0/s1. The number of carbonyl (C=O) groups excluding carboxylic acids is 1. The summed E-state index contributed by atoms with van der Waals surface area (Å²) < 4.78 is 12.4. The van der Waals surface area contributed by atoms with Crippen LogP contribution in [0.4, 0.5) is 0 Å². The van der Waals surface area contributed by atoms with Gasteiger partial charge in [-0.2, -0.15) is 0 Å². The van der Waals surface area contributed by atoms with Gasteiger partial charge in [-0.15, -0.1) is 0 Å². The van der Waals surface area contributed by atoms with E-state index in [0.717, 1.165) is 10.8 Å². The van der Waals surface area contributed by atoms with Crippen LogP contribution in [0.25, 0.3) is 10.9 Å². The number of carboxylic acid groups (broad SMARTS) is 1. The summed E-state index contributed by atoms with van der Waals surface area (Å²) >= 11 is 12.2. The van der Waals surface area contributed by atoms with E-state index in [0.29, 0.717) is 11.1 Å². The maximum absolute atomic E-state index is 12.8. The molecule has 182 valence electrons. The van der Waals surface area contributed by atoms with E-state index in [4.69, 9.17) is 32.5 Å². The highest BCUT2D eigenvalue weighted by molar-refractivity contribution is 6.65. The lowest BCUT2D eigenvalue weighted by Gasteiger charge is -2.32. The molecule has 2 N–H and O–H groups in total. The molecule has 1 aliphatic rings. The van der Waals surface area contributed by atoms with Crippen molar-refractivity contribution in [3.63, 3.8) is 0 Å².